The summed E-state index contributed by atoms with van der Waals surface area (Å²) in [4.78, 5) is 37.4. The summed E-state index contributed by atoms with van der Waals surface area (Å²) in [5.41, 5.74) is -9.00. The van der Waals surface area contributed by atoms with Gasteiger partial charge in [0.25, 0.3) is 6.47 Å². The number of nitrogens with zero attached hydrogens (tertiary/aromatic N) is 2. The van der Waals surface area contributed by atoms with Crippen molar-refractivity contribution in [2.75, 3.05) is 18.0 Å². The van der Waals surface area contributed by atoms with E-state index in [0.29, 0.717) is 29.7 Å². The minimum Gasteiger partial charge on any atom is -0.483 e. The van der Waals surface area contributed by atoms with E-state index >= 15 is 4.39 Å². The van der Waals surface area contributed by atoms with E-state index in [1.807, 2.05) is 6.92 Å². The third-order valence-corrected chi connectivity index (χ3v) is 12.3. The first-order chi connectivity index (χ1) is 23.6. The molecule has 1 aliphatic carbocycles. The summed E-state index contributed by atoms with van der Waals surface area (Å²) >= 11 is 0. The van der Waals surface area contributed by atoms with Crippen LogP contribution in [-0.4, -0.2) is 74.5 Å². The molecule has 1 saturated carbocycles. The van der Waals surface area contributed by atoms with Gasteiger partial charge in [-0.2, -0.15) is 26.3 Å². The van der Waals surface area contributed by atoms with E-state index < -0.39 is 96.7 Å². The summed E-state index contributed by atoms with van der Waals surface area (Å²) in [7, 11) is -4.75. The SMILES string of the molecule is CC1CCC(C(=O)N2CCC3(S(=O)(=O)c4ccc(F)cc4)c4ccc(C(F)(C(F)(F)F)C(F)(F)F)cc4N(C(=O)OC(C)C)CC23)CC1.O=CO. The summed E-state index contributed by atoms with van der Waals surface area (Å²) in [5, 5.41) is 6.89. The smallest absolute Gasteiger partial charge is 0.435 e. The van der Waals surface area contributed by atoms with Crippen LogP contribution in [0.4, 0.5) is 45.6 Å². The van der Waals surface area contributed by atoms with Crippen LogP contribution in [0, 0.1) is 17.7 Å². The third-order valence-electron chi connectivity index (χ3n) is 9.73. The van der Waals surface area contributed by atoms with Crippen molar-refractivity contribution in [1.29, 1.82) is 0 Å². The number of halogens is 8. The maximum absolute atomic E-state index is 15.4. The van der Waals surface area contributed by atoms with Crippen LogP contribution in [0.5, 0.6) is 0 Å². The predicted molar refractivity (Wildman–Crippen MR) is 165 cm³/mol. The molecule has 2 aromatic rings. The minimum absolute atomic E-state index is 0.170. The van der Waals surface area contributed by atoms with Gasteiger partial charge < -0.3 is 14.7 Å². The van der Waals surface area contributed by atoms with Crippen LogP contribution in [0.25, 0.3) is 0 Å². The topological polar surface area (TPSA) is 121 Å². The zero-order chi connectivity index (χ0) is 38.3. The third kappa shape index (κ3) is 6.87. The Labute approximate surface area is 288 Å². The van der Waals surface area contributed by atoms with Gasteiger partial charge in [-0.3, -0.25) is 14.5 Å². The molecule has 2 heterocycles. The first-order valence-electron chi connectivity index (χ1n) is 15.9. The van der Waals surface area contributed by atoms with E-state index in [2.05, 4.69) is 0 Å². The molecule has 0 radical (unpaired) electrons. The summed E-state index contributed by atoms with van der Waals surface area (Å²) in [6, 6.07) is 3.25. The number of benzene rings is 2. The van der Waals surface area contributed by atoms with Crippen molar-refractivity contribution in [3.63, 3.8) is 0 Å². The van der Waals surface area contributed by atoms with Crippen molar-refractivity contribution in [2.45, 2.75) is 92.7 Å². The summed E-state index contributed by atoms with van der Waals surface area (Å²) in [6.45, 7) is 3.73. The number of fused-ring (bicyclic) bond motifs is 3. The first-order valence-corrected chi connectivity index (χ1v) is 17.4. The highest BCUT2D eigenvalue weighted by atomic mass is 32.2. The molecular formula is C33H36F8N2O7S. The van der Waals surface area contributed by atoms with Crippen molar-refractivity contribution in [3.8, 4) is 0 Å². The number of sulfone groups is 1. The first kappa shape index (κ1) is 39.8. The molecule has 2 unspecified atom stereocenters. The van der Waals surface area contributed by atoms with Crippen LogP contribution in [0.3, 0.4) is 0 Å². The Kier molecular flexibility index (Phi) is 11.1. The van der Waals surface area contributed by atoms with E-state index in [9.17, 15) is 48.7 Å². The van der Waals surface area contributed by atoms with Crippen molar-refractivity contribution < 1.29 is 67.8 Å². The molecule has 2 aromatic carbocycles. The Morgan fingerprint density at radius 2 is 1.51 bits per heavy atom. The molecule has 2 aliphatic heterocycles. The molecule has 51 heavy (non-hydrogen) atoms. The van der Waals surface area contributed by atoms with Crippen molar-refractivity contribution in [2.24, 2.45) is 11.8 Å². The fourth-order valence-electron chi connectivity index (χ4n) is 7.23. The lowest BCUT2D eigenvalue weighted by Gasteiger charge is -2.47. The molecule has 18 heteroatoms. The number of hydrogen-bond donors (Lipinski definition) is 1. The second kappa shape index (κ2) is 14.2. The summed E-state index contributed by atoms with van der Waals surface area (Å²) in [5.74, 6) is -1.32. The van der Waals surface area contributed by atoms with Gasteiger partial charge in [0.2, 0.25) is 5.91 Å². The molecular weight excluding hydrogens is 720 g/mol. The van der Waals surface area contributed by atoms with Gasteiger partial charge >= 0.3 is 24.1 Å². The molecule has 9 nitrogen and oxygen atoms in total. The zero-order valence-corrected chi connectivity index (χ0v) is 28.4. The summed E-state index contributed by atoms with van der Waals surface area (Å²) < 4.78 is 145. The Hall–Kier alpha value is -3.96. The van der Waals surface area contributed by atoms with E-state index in [-0.39, 0.29) is 31.6 Å². The molecule has 0 bridgehead atoms. The fourth-order valence-corrected chi connectivity index (χ4v) is 9.53. The van der Waals surface area contributed by atoms with Gasteiger partial charge in [0.05, 0.1) is 29.3 Å². The number of anilines is 1. The number of carbonyl (C=O) groups excluding carboxylic acids is 2. The molecule has 0 spiro atoms. The number of likely N-dealkylation sites (tertiary alicyclic amines) is 1. The van der Waals surface area contributed by atoms with Crippen LogP contribution >= 0.6 is 0 Å². The molecule has 2 amide bonds. The number of amides is 2. The quantitative estimate of drug-likeness (QED) is 0.194. The van der Waals surface area contributed by atoms with Crippen LogP contribution in [0.15, 0.2) is 47.4 Å². The van der Waals surface area contributed by atoms with Gasteiger partial charge in [0.1, 0.15) is 10.6 Å². The maximum atomic E-state index is 15.4. The van der Waals surface area contributed by atoms with Gasteiger partial charge in [-0.05, 0) is 87.8 Å². The molecule has 282 valence electrons. The van der Waals surface area contributed by atoms with Crippen LogP contribution < -0.4 is 4.90 Å². The number of hydrogen-bond acceptors (Lipinski definition) is 6. The molecule has 5 rings (SSSR count). The van der Waals surface area contributed by atoms with Crippen LogP contribution in [0.1, 0.15) is 64.0 Å². The lowest BCUT2D eigenvalue weighted by Crippen LogP contribution is -2.60. The van der Waals surface area contributed by atoms with Gasteiger partial charge in [0.15, 0.2) is 9.84 Å². The lowest BCUT2D eigenvalue weighted by molar-refractivity contribution is -0.348. The molecule has 2 atom stereocenters. The molecule has 1 N–H and O–H groups in total. The highest BCUT2D eigenvalue weighted by molar-refractivity contribution is 7.92. The highest BCUT2D eigenvalue weighted by Crippen LogP contribution is 2.58. The number of rotatable bonds is 5. The van der Waals surface area contributed by atoms with E-state index in [0.717, 1.165) is 37.1 Å². The number of carbonyl (C=O) groups is 3. The van der Waals surface area contributed by atoms with E-state index in [1.54, 1.807) is 0 Å². The number of alkyl halides is 7. The van der Waals surface area contributed by atoms with Crippen molar-refractivity contribution in [1.82, 2.24) is 4.90 Å². The monoisotopic (exact) mass is 756 g/mol. The Morgan fingerprint density at radius 3 is 2.02 bits per heavy atom. The second-order valence-electron chi connectivity index (χ2n) is 13.1. The standard InChI is InChI=1S/C32H34F8N2O5S.CH2O2/c1-18(2)47-28(44)42-17-26-29(48(45,46)23-11-9-22(33)10-12-23,14-15-41(26)27(43)20-6-4-19(3)5-7-20)24-13-8-21(16-25(24)42)30(34,31(35,36)37)32(38,39)40;2-1-3/h8-13,16,18-20,26H,4-7,14-15,17H2,1-3H3;1H,(H,2,3). The molecule has 3 aliphatic rings. The molecule has 0 aromatic heterocycles. The van der Waals surface area contributed by atoms with Gasteiger partial charge in [-0.1, -0.05) is 19.1 Å². The van der Waals surface area contributed by atoms with Crippen molar-refractivity contribution >= 4 is 34.0 Å². The zero-order valence-electron chi connectivity index (χ0n) is 27.6. The van der Waals surface area contributed by atoms with Crippen LogP contribution in [0.2, 0.25) is 0 Å². The predicted octanol–water partition coefficient (Wildman–Crippen LogP) is 7.28. The fraction of sp³-hybridized carbons (Fsp3) is 0.545. The van der Waals surface area contributed by atoms with Gasteiger partial charge in [-0.25, -0.2) is 22.0 Å². The van der Waals surface area contributed by atoms with Crippen molar-refractivity contribution in [3.05, 3.63) is 59.4 Å². The molecule has 1 saturated heterocycles. The Bertz CT molecular complexity index is 1710. The lowest BCUT2D eigenvalue weighted by atomic mass is 9.81. The average Bonchev–Trinajstić information content (AvgIpc) is 3.44. The van der Waals surface area contributed by atoms with Gasteiger partial charge in [0, 0.05) is 18.0 Å². The molecule has 2 fully saturated rings. The Morgan fingerprint density at radius 1 is 0.961 bits per heavy atom. The van der Waals surface area contributed by atoms with Crippen LogP contribution in [-0.2, 0) is 34.6 Å². The summed E-state index contributed by atoms with van der Waals surface area (Å²) in [6.07, 6.45) is -13.0. The minimum atomic E-state index is -6.49. The van der Waals surface area contributed by atoms with E-state index in [1.165, 1.54) is 18.7 Å². The number of carboxylic acid groups (broad SMARTS) is 1. The second-order valence-corrected chi connectivity index (χ2v) is 15.3. The average molecular weight is 757 g/mol. The van der Waals surface area contributed by atoms with E-state index in [4.69, 9.17) is 14.6 Å². The normalized spacial score (nSPS) is 23.9. The number of ether oxygens (including phenoxy) is 1. The largest absolute Gasteiger partial charge is 0.483 e. The van der Waals surface area contributed by atoms with Gasteiger partial charge in [-0.15, -0.1) is 0 Å². The Balaban J connectivity index is 0.00000188. The maximum Gasteiger partial charge on any atom is 0.435 e. The highest BCUT2D eigenvalue weighted by Gasteiger charge is 2.74.